The maximum Gasteiger partial charge on any atom is 0.231 e. The lowest BCUT2D eigenvalue weighted by Gasteiger charge is -2.17. The Labute approximate surface area is 146 Å². The highest BCUT2D eigenvalue weighted by Gasteiger charge is 2.32. The minimum absolute atomic E-state index is 0.0708. The molecule has 2 N–H and O–H groups in total. The zero-order chi connectivity index (χ0) is 18.0. The number of carbonyl (C=O) groups excluding carboxylic acids is 1. The largest absolute Gasteiger partial charge is 0.507 e. The molecule has 0 spiro atoms. The van der Waals surface area contributed by atoms with Gasteiger partial charge >= 0.3 is 0 Å². The van der Waals surface area contributed by atoms with E-state index in [1.807, 2.05) is 0 Å². The summed E-state index contributed by atoms with van der Waals surface area (Å²) in [6.45, 7) is 6.47. The Balaban J connectivity index is 2.00. The number of fused-ring (bicyclic) bond motifs is 1. The first kappa shape index (κ1) is 17.2. The van der Waals surface area contributed by atoms with Crippen molar-refractivity contribution < 1.29 is 23.9 Å². The van der Waals surface area contributed by atoms with Gasteiger partial charge in [-0.1, -0.05) is 18.2 Å². The van der Waals surface area contributed by atoms with Gasteiger partial charge in [0.1, 0.15) is 18.1 Å². The molecule has 0 fully saturated rings. The van der Waals surface area contributed by atoms with Crippen molar-refractivity contribution in [3.8, 4) is 11.5 Å². The van der Waals surface area contributed by atoms with E-state index in [1.54, 1.807) is 24.3 Å². The van der Waals surface area contributed by atoms with E-state index >= 15 is 0 Å². The van der Waals surface area contributed by atoms with E-state index in [1.165, 1.54) is 23.1 Å². The van der Waals surface area contributed by atoms with E-state index in [0.29, 0.717) is 29.0 Å². The lowest BCUT2D eigenvalue weighted by Crippen LogP contribution is -3.10. The summed E-state index contributed by atoms with van der Waals surface area (Å²) >= 11 is 0. The molecule has 0 amide bonds. The number of halogens is 1. The molecule has 1 aliphatic rings. The molecular formula is C20H21FNO3+. The predicted molar refractivity (Wildman–Crippen MR) is 93.2 cm³/mol. The number of ketones is 1. The van der Waals surface area contributed by atoms with E-state index in [0.717, 1.165) is 13.1 Å². The fourth-order valence-corrected chi connectivity index (χ4v) is 2.95. The molecule has 0 bridgehead atoms. The van der Waals surface area contributed by atoms with Crippen LogP contribution in [0.2, 0.25) is 0 Å². The Morgan fingerprint density at radius 3 is 2.56 bits per heavy atom. The van der Waals surface area contributed by atoms with Crippen molar-refractivity contribution in [1.82, 2.24) is 0 Å². The minimum Gasteiger partial charge on any atom is -0.507 e. The van der Waals surface area contributed by atoms with Crippen LogP contribution in [0.4, 0.5) is 4.39 Å². The normalized spacial score (nSPS) is 14.9. The topological polar surface area (TPSA) is 51.0 Å². The summed E-state index contributed by atoms with van der Waals surface area (Å²) in [4.78, 5) is 13.9. The van der Waals surface area contributed by atoms with Crippen molar-refractivity contribution in [3.05, 3.63) is 64.7 Å². The lowest BCUT2D eigenvalue weighted by molar-refractivity contribution is -0.910. The van der Waals surface area contributed by atoms with Gasteiger partial charge in [-0.05, 0) is 38.1 Å². The Hall–Kier alpha value is -2.66. The van der Waals surface area contributed by atoms with Crippen molar-refractivity contribution >= 4 is 11.9 Å². The number of hydrogen-bond acceptors (Lipinski definition) is 3. The third kappa shape index (κ3) is 3.28. The summed E-state index contributed by atoms with van der Waals surface area (Å²) in [5, 5.41) is 10.2. The third-order valence-corrected chi connectivity index (χ3v) is 4.53. The van der Waals surface area contributed by atoms with Gasteiger partial charge in [0.2, 0.25) is 5.78 Å². The fraction of sp³-hybridized carbons (Fsp3) is 0.250. The summed E-state index contributed by atoms with van der Waals surface area (Å²) in [6, 6.07) is 9.27. The molecule has 4 nitrogen and oxygen atoms in total. The summed E-state index contributed by atoms with van der Waals surface area (Å²) < 4.78 is 19.6. The first-order valence-corrected chi connectivity index (χ1v) is 8.42. The van der Waals surface area contributed by atoms with Crippen LogP contribution in [0.1, 0.15) is 35.3 Å². The summed E-state index contributed by atoms with van der Waals surface area (Å²) in [7, 11) is 0. The van der Waals surface area contributed by atoms with Crippen molar-refractivity contribution in [2.75, 3.05) is 13.1 Å². The Morgan fingerprint density at radius 2 is 1.88 bits per heavy atom. The number of rotatable bonds is 5. The van der Waals surface area contributed by atoms with Gasteiger partial charge in [-0.2, -0.15) is 0 Å². The van der Waals surface area contributed by atoms with Gasteiger partial charge in [0.15, 0.2) is 11.5 Å². The van der Waals surface area contributed by atoms with E-state index in [4.69, 9.17) is 4.74 Å². The number of Topliss-reactive ketones (excluding diaryl/α,β-unsaturated/α-hetero) is 1. The van der Waals surface area contributed by atoms with Crippen LogP contribution in [0, 0.1) is 5.82 Å². The predicted octanol–water partition coefficient (Wildman–Crippen LogP) is 2.57. The molecule has 1 aliphatic heterocycles. The van der Waals surface area contributed by atoms with Crippen LogP contribution in [-0.4, -0.2) is 24.0 Å². The van der Waals surface area contributed by atoms with E-state index in [-0.39, 0.29) is 17.3 Å². The zero-order valence-electron chi connectivity index (χ0n) is 14.3. The van der Waals surface area contributed by atoms with Gasteiger partial charge < -0.3 is 14.7 Å². The maximum atomic E-state index is 13.9. The molecule has 0 aliphatic carbocycles. The van der Waals surface area contributed by atoms with Gasteiger partial charge in [-0.15, -0.1) is 0 Å². The molecule has 2 aromatic rings. The number of phenols is 1. The van der Waals surface area contributed by atoms with Crippen LogP contribution >= 0.6 is 0 Å². The van der Waals surface area contributed by atoms with Gasteiger partial charge in [-0.25, -0.2) is 4.39 Å². The number of allylic oxidation sites excluding steroid dienone is 1. The number of carbonyl (C=O) groups is 1. The summed E-state index contributed by atoms with van der Waals surface area (Å²) in [5.74, 6) is -0.154. The van der Waals surface area contributed by atoms with Gasteiger partial charge in [0, 0.05) is 5.56 Å². The average molecular weight is 342 g/mol. The van der Waals surface area contributed by atoms with E-state index in [9.17, 15) is 14.3 Å². The molecule has 0 radical (unpaired) electrons. The SMILES string of the molecule is CC[NH+](CC)Cc1c(O)ccc2c1O/C(=C\c1ccccc1F)C2=O. The number of quaternary nitrogens is 1. The van der Waals surface area contributed by atoms with Crippen LogP contribution in [0.5, 0.6) is 11.5 Å². The standard InChI is InChI=1S/C20H20FNO3/c1-3-22(4-2)12-15-17(23)10-9-14-19(24)18(25-20(14)15)11-13-7-5-6-8-16(13)21/h5-11,23H,3-4,12H2,1-2H3/p+1/b18-11-. The molecule has 0 saturated carbocycles. The first-order chi connectivity index (χ1) is 12.0. The number of ether oxygens (including phenoxy) is 1. The summed E-state index contributed by atoms with van der Waals surface area (Å²) in [5.41, 5.74) is 1.31. The van der Waals surface area contributed by atoms with Gasteiger partial charge in [0.25, 0.3) is 0 Å². The van der Waals surface area contributed by atoms with E-state index in [2.05, 4.69) is 13.8 Å². The van der Waals surface area contributed by atoms with Crippen LogP contribution in [0.15, 0.2) is 42.2 Å². The first-order valence-electron chi connectivity index (χ1n) is 8.42. The van der Waals surface area contributed by atoms with Crippen LogP contribution < -0.4 is 9.64 Å². The molecule has 0 aromatic heterocycles. The van der Waals surface area contributed by atoms with Gasteiger partial charge in [0.05, 0.1) is 24.2 Å². The fourth-order valence-electron chi connectivity index (χ4n) is 2.95. The van der Waals surface area contributed by atoms with Crippen LogP contribution in [0.3, 0.4) is 0 Å². The number of benzene rings is 2. The second-order valence-electron chi connectivity index (χ2n) is 6.04. The van der Waals surface area contributed by atoms with Crippen molar-refractivity contribution in [1.29, 1.82) is 0 Å². The monoisotopic (exact) mass is 342 g/mol. The maximum absolute atomic E-state index is 13.9. The molecular weight excluding hydrogens is 321 g/mol. The smallest absolute Gasteiger partial charge is 0.231 e. The highest BCUT2D eigenvalue weighted by Crippen LogP contribution is 2.39. The molecule has 0 unspecified atom stereocenters. The Bertz CT molecular complexity index is 841. The molecule has 2 aromatic carbocycles. The van der Waals surface area contributed by atoms with Crippen molar-refractivity contribution in [3.63, 3.8) is 0 Å². The second kappa shape index (κ2) is 7.07. The quantitative estimate of drug-likeness (QED) is 0.821. The van der Waals surface area contributed by atoms with Crippen molar-refractivity contribution in [2.24, 2.45) is 0 Å². The average Bonchev–Trinajstić information content (AvgIpc) is 2.92. The number of nitrogens with one attached hydrogen (secondary N) is 1. The van der Waals surface area contributed by atoms with Crippen LogP contribution in [0.25, 0.3) is 6.08 Å². The van der Waals surface area contributed by atoms with Crippen molar-refractivity contribution in [2.45, 2.75) is 20.4 Å². The Morgan fingerprint density at radius 1 is 1.16 bits per heavy atom. The molecule has 3 rings (SSSR count). The highest BCUT2D eigenvalue weighted by molar-refractivity contribution is 6.15. The third-order valence-electron chi connectivity index (χ3n) is 4.53. The molecule has 0 atom stereocenters. The molecule has 0 saturated heterocycles. The van der Waals surface area contributed by atoms with E-state index < -0.39 is 5.82 Å². The number of phenolic OH excluding ortho intramolecular Hbond substituents is 1. The molecule has 130 valence electrons. The molecule has 5 heteroatoms. The zero-order valence-corrected chi connectivity index (χ0v) is 14.3. The lowest BCUT2D eigenvalue weighted by atomic mass is 10.0. The highest BCUT2D eigenvalue weighted by atomic mass is 19.1. The second-order valence-corrected chi connectivity index (χ2v) is 6.04. The Kier molecular flexibility index (Phi) is 4.86. The van der Waals surface area contributed by atoms with Gasteiger partial charge in [-0.3, -0.25) is 4.79 Å². The van der Waals surface area contributed by atoms with Crippen LogP contribution in [-0.2, 0) is 6.54 Å². The molecule has 1 heterocycles. The molecule has 25 heavy (non-hydrogen) atoms. The number of hydrogen-bond donors (Lipinski definition) is 2. The minimum atomic E-state index is -0.419. The summed E-state index contributed by atoms with van der Waals surface area (Å²) in [6.07, 6.45) is 1.41. The number of aromatic hydroxyl groups is 1.